The van der Waals surface area contributed by atoms with E-state index in [-0.39, 0.29) is 6.04 Å². The molecule has 98 valence electrons. The molecule has 0 bridgehead atoms. The Kier molecular flexibility index (Phi) is 4.09. The molecular weight excluding hydrogens is 252 g/mol. The molecule has 2 N–H and O–H groups in total. The lowest BCUT2D eigenvalue weighted by molar-refractivity contribution is -0.141. The molecule has 0 radical (unpaired) electrons. The summed E-state index contributed by atoms with van der Waals surface area (Å²) in [6, 6.07) is 7.79. The van der Waals surface area contributed by atoms with Crippen molar-refractivity contribution in [2.45, 2.75) is 13.0 Å². The summed E-state index contributed by atoms with van der Waals surface area (Å²) in [5, 5.41) is 13.1. The van der Waals surface area contributed by atoms with Gasteiger partial charge in [0.2, 0.25) is 0 Å². The zero-order chi connectivity index (χ0) is 13.1. The van der Waals surface area contributed by atoms with Crippen LogP contribution in [0.25, 0.3) is 0 Å². The fourth-order valence-electron chi connectivity index (χ4n) is 2.21. The maximum atomic E-state index is 11.2. The Balaban J connectivity index is 2.24. The summed E-state index contributed by atoms with van der Waals surface area (Å²) in [6.07, 6.45) is 0. The molecule has 5 heteroatoms. The SMILES string of the molecule is CC1CN(c2ccccc2Cl)CC(C(=O)O)CN1. The highest BCUT2D eigenvalue weighted by molar-refractivity contribution is 6.33. The van der Waals surface area contributed by atoms with E-state index >= 15 is 0 Å². The predicted molar refractivity (Wildman–Crippen MR) is 72.3 cm³/mol. The summed E-state index contributed by atoms with van der Waals surface area (Å²) in [7, 11) is 0. The Morgan fingerprint density at radius 3 is 2.83 bits per heavy atom. The highest BCUT2D eigenvalue weighted by atomic mass is 35.5. The first kappa shape index (κ1) is 13.2. The molecule has 1 heterocycles. The van der Waals surface area contributed by atoms with Gasteiger partial charge >= 0.3 is 5.97 Å². The minimum Gasteiger partial charge on any atom is -0.481 e. The third kappa shape index (κ3) is 2.94. The third-order valence-electron chi connectivity index (χ3n) is 3.19. The number of halogens is 1. The van der Waals surface area contributed by atoms with Gasteiger partial charge in [0.1, 0.15) is 0 Å². The molecule has 2 atom stereocenters. The van der Waals surface area contributed by atoms with Crippen molar-refractivity contribution in [3.63, 3.8) is 0 Å². The molecule has 1 fully saturated rings. The van der Waals surface area contributed by atoms with E-state index in [1.165, 1.54) is 0 Å². The molecule has 2 unspecified atom stereocenters. The van der Waals surface area contributed by atoms with Crippen molar-refractivity contribution in [3.05, 3.63) is 29.3 Å². The first-order valence-electron chi connectivity index (χ1n) is 6.03. The van der Waals surface area contributed by atoms with E-state index < -0.39 is 11.9 Å². The molecule has 18 heavy (non-hydrogen) atoms. The smallest absolute Gasteiger partial charge is 0.309 e. The van der Waals surface area contributed by atoms with Crippen LogP contribution in [-0.4, -0.2) is 36.8 Å². The van der Waals surface area contributed by atoms with Crippen LogP contribution in [0, 0.1) is 5.92 Å². The number of hydrogen-bond donors (Lipinski definition) is 2. The van der Waals surface area contributed by atoms with E-state index in [4.69, 9.17) is 11.6 Å². The normalized spacial score (nSPS) is 24.7. The largest absolute Gasteiger partial charge is 0.481 e. The van der Waals surface area contributed by atoms with Gasteiger partial charge in [0.05, 0.1) is 16.6 Å². The fourth-order valence-corrected chi connectivity index (χ4v) is 2.47. The lowest BCUT2D eigenvalue weighted by Crippen LogP contribution is -2.35. The molecule has 1 aromatic rings. The molecule has 1 saturated heterocycles. The van der Waals surface area contributed by atoms with Gasteiger partial charge in [-0.25, -0.2) is 0 Å². The van der Waals surface area contributed by atoms with Crippen LogP contribution in [0.4, 0.5) is 5.69 Å². The van der Waals surface area contributed by atoms with Crippen molar-refractivity contribution in [1.29, 1.82) is 0 Å². The maximum Gasteiger partial charge on any atom is 0.309 e. The number of carboxylic acid groups (broad SMARTS) is 1. The zero-order valence-electron chi connectivity index (χ0n) is 10.3. The monoisotopic (exact) mass is 268 g/mol. The molecule has 0 amide bonds. The van der Waals surface area contributed by atoms with Gasteiger partial charge in [0.15, 0.2) is 0 Å². The highest BCUT2D eigenvalue weighted by Gasteiger charge is 2.27. The van der Waals surface area contributed by atoms with Crippen LogP contribution in [0.1, 0.15) is 6.92 Å². The lowest BCUT2D eigenvalue weighted by Gasteiger charge is -2.26. The van der Waals surface area contributed by atoms with Crippen LogP contribution in [0.2, 0.25) is 5.02 Å². The Morgan fingerprint density at radius 1 is 1.44 bits per heavy atom. The zero-order valence-corrected chi connectivity index (χ0v) is 11.0. The standard InChI is InChI=1S/C13H17ClN2O2/c1-9-7-16(8-10(6-15-9)13(17)18)12-5-3-2-4-11(12)14/h2-5,9-10,15H,6-8H2,1H3,(H,17,18). The predicted octanol–water partition coefficient (Wildman–Crippen LogP) is 1.84. The number of carbonyl (C=O) groups is 1. The molecule has 2 rings (SSSR count). The fraction of sp³-hybridized carbons (Fsp3) is 0.462. The number of nitrogens with one attached hydrogen (secondary N) is 1. The van der Waals surface area contributed by atoms with Gasteiger partial charge in [-0.05, 0) is 19.1 Å². The molecule has 1 aromatic carbocycles. The summed E-state index contributed by atoms with van der Waals surface area (Å²) >= 11 is 6.18. The number of benzene rings is 1. The number of hydrogen-bond acceptors (Lipinski definition) is 3. The third-order valence-corrected chi connectivity index (χ3v) is 3.51. The second-order valence-corrected chi connectivity index (χ2v) is 5.11. The first-order chi connectivity index (χ1) is 8.58. The van der Waals surface area contributed by atoms with E-state index in [1.807, 2.05) is 36.1 Å². The van der Waals surface area contributed by atoms with Crippen LogP contribution in [0.5, 0.6) is 0 Å². The molecule has 4 nitrogen and oxygen atoms in total. The van der Waals surface area contributed by atoms with Crippen LogP contribution in [-0.2, 0) is 4.79 Å². The van der Waals surface area contributed by atoms with Crippen LogP contribution in [0.3, 0.4) is 0 Å². The van der Waals surface area contributed by atoms with E-state index in [1.54, 1.807) is 0 Å². The summed E-state index contributed by atoms with van der Waals surface area (Å²) in [6.45, 7) is 3.79. The van der Waals surface area contributed by atoms with Crippen LogP contribution in [0.15, 0.2) is 24.3 Å². The van der Waals surface area contributed by atoms with Crippen LogP contribution >= 0.6 is 11.6 Å². The summed E-state index contributed by atoms with van der Waals surface area (Å²) in [4.78, 5) is 13.2. The summed E-state index contributed by atoms with van der Waals surface area (Å²) < 4.78 is 0. The quantitative estimate of drug-likeness (QED) is 0.859. The van der Waals surface area contributed by atoms with E-state index in [2.05, 4.69) is 5.32 Å². The average Bonchev–Trinajstić information content (AvgIpc) is 2.52. The van der Waals surface area contributed by atoms with Crippen molar-refractivity contribution in [2.75, 3.05) is 24.5 Å². The molecule has 0 aromatic heterocycles. The van der Waals surface area contributed by atoms with E-state index in [9.17, 15) is 9.90 Å². The number of aliphatic carboxylic acids is 1. The van der Waals surface area contributed by atoms with Gasteiger partial charge in [-0.15, -0.1) is 0 Å². The molecule has 0 aliphatic carbocycles. The minimum atomic E-state index is -0.770. The van der Waals surface area contributed by atoms with Gasteiger partial charge in [0, 0.05) is 25.7 Å². The van der Waals surface area contributed by atoms with Crippen molar-refractivity contribution >= 4 is 23.3 Å². The molecular formula is C13H17ClN2O2. The second kappa shape index (κ2) is 5.59. The summed E-state index contributed by atoms with van der Waals surface area (Å²) in [5.41, 5.74) is 0.904. The molecule has 0 spiro atoms. The Labute approximate surface area is 112 Å². The second-order valence-electron chi connectivity index (χ2n) is 4.70. The van der Waals surface area contributed by atoms with Gasteiger partial charge in [-0.1, -0.05) is 23.7 Å². The Morgan fingerprint density at radius 2 is 2.17 bits per heavy atom. The Hall–Kier alpha value is -1.26. The van der Waals surface area contributed by atoms with Crippen molar-refractivity contribution in [3.8, 4) is 0 Å². The molecule has 1 aliphatic heterocycles. The van der Waals surface area contributed by atoms with Crippen molar-refractivity contribution in [2.24, 2.45) is 5.92 Å². The highest BCUT2D eigenvalue weighted by Crippen LogP contribution is 2.26. The van der Waals surface area contributed by atoms with Gasteiger partial charge in [0.25, 0.3) is 0 Å². The topological polar surface area (TPSA) is 52.6 Å². The maximum absolute atomic E-state index is 11.2. The molecule has 1 aliphatic rings. The van der Waals surface area contributed by atoms with Crippen molar-refractivity contribution < 1.29 is 9.90 Å². The number of para-hydroxylation sites is 1. The van der Waals surface area contributed by atoms with Gasteiger partial charge < -0.3 is 15.3 Å². The summed E-state index contributed by atoms with van der Waals surface area (Å²) in [5.74, 6) is -1.18. The lowest BCUT2D eigenvalue weighted by atomic mass is 10.1. The average molecular weight is 269 g/mol. The number of nitrogens with zero attached hydrogens (tertiary/aromatic N) is 1. The number of carboxylic acids is 1. The minimum absolute atomic E-state index is 0.241. The first-order valence-corrected chi connectivity index (χ1v) is 6.41. The van der Waals surface area contributed by atoms with Crippen LogP contribution < -0.4 is 10.2 Å². The van der Waals surface area contributed by atoms with E-state index in [0.29, 0.717) is 18.1 Å². The van der Waals surface area contributed by atoms with Gasteiger partial charge in [-0.3, -0.25) is 4.79 Å². The van der Waals surface area contributed by atoms with Crippen molar-refractivity contribution in [1.82, 2.24) is 5.32 Å². The van der Waals surface area contributed by atoms with E-state index in [0.717, 1.165) is 12.2 Å². The van der Waals surface area contributed by atoms with Gasteiger partial charge in [-0.2, -0.15) is 0 Å². The molecule has 0 saturated carbocycles. The number of rotatable bonds is 2. The Bertz CT molecular complexity index is 439. The number of anilines is 1.